The molecule has 0 heterocycles. The first-order valence-electron chi connectivity index (χ1n) is 7.79. The highest BCUT2D eigenvalue weighted by Gasteiger charge is 2.17. The second kappa shape index (κ2) is 8.08. The van der Waals surface area contributed by atoms with Crippen LogP contribution in [0.3, 0.4) is 0 Å². The predicted octanol–water partition coefficient (Wildman–Crippen LogP) is 2.13. The van der Waals surface area contributed by atoms with Gasteiger partial charge in [-0.2, -0.15) is 0 Å². The highest BCUT2D eigenvalue weighted by Crippen LogP contribution is 2.17. The zero-order valence-electron chi connectivity index (χ0n) is 13.6. The number of nitrogens with one attached hydrogen (secondary N) is 1. The zero-order valence-corrected chi connectivity index (χ0v) is 14.4. The van der Waals surface area contributed by atoms with Gasteiger partial charge in [-0.25, -0.2) is 8.42 Å². The van der Waals surface area contributed by atoms with Crippen LogP contribution in [0.2, 0.25) is 0 Å². The lowest BCUT2D eigenvalue weighted by atomic mass is 10.2. The summed E-state index contributed by atoms with van der Waals surface area (Å²) < 4.78 is 25.1. The average molecular weight is 346 g/mol. The highest BCUT2D eigenvalue weighted by molar-refractivity contribution is 7.90. The smallest absolute Gasteiger partial charge is 0.251 e. The van der Waals surface area contributed by atoms with E-state index in [0.717, 1.165) is 0 Å². The van der Waals surface area contributed by atoms with Crippen molar-refractivity contribution in [1.29, 1.82) is 0 Å². The maximum absolute atomic E-state index is 12.5. The molecule has 24 heavy (non-hydrogen) atoms. The second-order valence-electron chi connectivity index (χ2n) is 5.79. The molecule has 0 fully saturated rings. The van der Waals surface area contributed by atoms with E-state index in [1.807, 2.05) is 13.0 Å². The fraction of sp³-hybridized carbons (Fsp3) is 0.278. The summed E-state index contributed by atoms with van der Waals surface area (Å²) in [5, 5.41) is 2.74. The standard InChI is InChI=1S/C18H22N2O3S/c1-14(19)10-11-20-18(21)16-8-5-9-17(12-16)24(22,23)13-15-6-3-2-4-7-15/h2-9,12,14H,10-11,13,19H2,1H3,(H,20,21). The fourth-order valence-corrected chi connectivity index (χ4v) is 3.61. The number of hydrogen-bond acceptors (Lipinski definition) is 4. The third kappa shape index (κ3) is 5.18. The molecule has 6 heteroatoms. The van der Waals surface area contributed by atoms with Crippen LogP contribution in [0.1, 0.15) is 29.3 Å². The summed E-state index contributed by atoms with van der Waals surface area (Å²) in [6.07, 6.45) is 0.664. The monoisotopic (exact) mass is 346 g/mol. The van der Waals surface area contributed by atoms with Crippen LogP contribution in [-0.4, -0.2) is 26.9 Å². The molecular weight excluding hydrogens is 324 g/mol. The molecule has 0 aliphatic rings. The Bertz CT molecular complexity index is 787. The number of carbonyl (C=O) groups is 1. The first-order chi connectivity index (χ1) is 11.4. The summed E-state index contributed by atoms with van der Waals surface area (Å²) >= 11 is 0. The molecule has 0 saturated carbocycles. The normalized spacial score (nSPS) is 12.6. The first-order valence-corrected chi connectivity index (χ1v) is 9.44. The number of rotatable bonds is 7. The van der Waals surface area contributed by atoms with Crippen molar-refractivity contribution in [1.82, 2.24) is 5.32 Å². The molecule has 1 atom stereocenters. The van der Waals surface area contributed by atoms with Gasteiger partial charge in [-0.05, 0) is 37.1 Å². The van der Waals surface area contributed by atoms with Gasteiger partial charge >= 0.3 is 0 Å². The summed E-state index contributed by atoms with van der Waals surface area (Å²) in [5.41, 5.74) is 6.68. The van der Waals surface area contributed by atoms with Crippen molar-refractivity contribution in [2.45, 2.75) is 30.0 Å². The number of hydrogen-bond donors (Lipinski definition) is 2. The maximum atomic E-state index is 12.5. The van der Waals surface area contributed by atoms with E-state index in [9.17, 15) is 13.2 Å². The van der Waals surface area contributed by atoms with Crippen molar-refractivity contribution in [2.24, 2.45) is 5.73 Å². The molecule has 128 valence electrons. The Morgan fingerprint density at radius 2 is 1.83 bits per heavy atom. The molecule has 2 aromatic rings. The van der Waals surface area contributed by atoms with Gasteiger partial charge in [0.2, 0.25) is 0 Å². The van der Waals surface area contributed by atoms with E-state index in [4.69, 9.17) is 5.73 Å². The third-order valence-corrected chi connectivity index (χ3v) is 5.23. The van der Waals surface area contributed by atoms with Crippen LogP contribution < -0.4 is 11.1 Å². The fourth-order valence-electron chi connectivity index (χ4n) is 2.22. The summed E-state index contributed by atoms with van der Waals surface area (Å²) in [6, 6.07) is 15.1. The SMILES string of the molecule is CC(N)CCNC(=O)c1cccc(S(=O)(=O)Cc2ccccc2)c1. The predicted molar refractivity (Wildman–Crippen MR) is 94.4 cm³/mol. The number of sulfone groups is 1. The molecule has 5 nitrogen and oxygen atoms in total. The van der Waals surface area contributed by atoms with Gasteiger partial charge in [0.05, 0.1) is 10.6 Å². The van der Waals surface area contributed by atoms with Crippen LogP contribution >= 0.6 is 0 Å². The Morgan fingerprint density at radius 3 is 2.50 bits per heavy atom. The minimum atomic E-state index is -3.50. The molecule has 0 spiro atoms. The number of amides is 1. The lowest BCUT2D eigenvalue weighted by Crippen LogP contribution is -2.29. The van der Waals surface area contributed by atoms with Crippen LogP contribution in [0.5, 0.6) is 0 Å². The van der Waals surface area contributed by atoms with Crippen molar-refractivity contribution < 1.29 is 13.2 Å². The Kier molecular flexibility index (Phi) is 6.11. The van der Waals surface area contributed by atoms with Gasteiger partial charge < -0.3 is 11.1 Å². The van der Waals surface area contributed by atoms with Crippen molar-refractivity contribution in [3.05, 3.63) is 65.7 Å². The molecule has 0 radical (unpaired) electrons. The lowest BCUT2D eigenvalue weighted by molar-refractivity contribution is 0.0952. The Balaban J connectivity index is 2.13. The Hall–Kier alpha value is -2.18. The number of benzene rings is 2. The van der Waals surface area contributed by atoms with Gasteiger partial charge in [0.1, 0.15) is 0 Å². The molecule has 0 saturated heterocycles. The van der Waals surface area contributed by atoms with Gasteiger partial charge in [0, 0.05) is 18.2 Å². The van der Waals surface area contributed by atoms with Gasteiger partial charge in [-0.15, -0.1) is 0 Å². The van der Waals surface area contributed by atoms with Crippen LogP contribution in [0.25, 0.3) is 0 Å². The molecular formula is C18H22N2O3S. The molecule has 3 N–H and O–H groups in total. The van der Waals surface area contributed by atoms with Crippen LogP contribution in [-0.2, 0) is 15.6 Å². The van der Waals surface area contributed by atoms with Gasteiger partial charge in [0.25, 0.3) is 5.91 Å². The Morgan fingerprint density at radius 1 is 1.12 bits per heavy atom. The number of nitrogens with two attached hydrogens (primary N) is 1. The molecule has 0 aliphatic carbocycles. The van der Waals surface area contributed by atoms with Crippen molar-refractivity contribution >= 4 is 15.7 Å². The van der Waals surface area contributed by atoms with Crippen molar-refractivity contribution in [3.8, 4) is 0 Å². The van der Waals surface area contributed by atoms with Crippen LogP contribution in [0, 0.1) is 0 Å². The quantitative estimate of drug-likeness (QED) is 0.804. The molecule has 2 rings (SSSR count). The van der Waals surface area contributed by atoms with Crippen molar-refractivity contribution in [2.75, 3.05) is 6.54 Å². The molecule has 1 unspecified atom stereocenters. The van der Waals surface area contributed by atoms with E-state index < -0.39 is 9.84 Å². The maximum Gasteiger partial charge on any atom is 0.251 e. The largest absolute Gasteiger partial charge is 0.352 e. The lowest BCUT2D eigenvalue weighted by Gasteiger charge is -2.09. The van der Waals surface area contributed by atoms with Gasteiger partial charge in [0.15, 0.2) is 9.84 Å². The van der Waals surface area contributed by atoms with Crippen LogP contribution in [0.15, 0.2) is 59.5 Å². The summed E-state index contributed by atoms with van der Waals surface area (Å²) in [4.78, 5) is 12.3. The molecule has 1 amide bonds. The molecule has 0 bridgehead atoms. The molecule has 0 aliphatic heterocycles. The third-order valence-electron chi connectivity index (χ3n) is 3.54. The van der Waals surface area contributed by atoms with E-state index in [0.29, 0.717) is 24.1 Å². The summed E-state index contributed by atoms with van der Waals surface area (Å²) in [6.45, 7) is 2.32. The highest BCUT2D eigenvalue weighted by atomic mass is 32.2. The minimum absolute atomic E-state index is 0.00267. The second-order valence-corrected chi connectivity index (χ2v) is 7.78. The average Bonchev–Trinajstić information content (AvgIpc) is 2.55. The van der Waals surface area contributed by atoms with Gasteiger partial charge in [-0.3, -0.25) is 4.79 Å². The molecule has 0 aromatic heterocycles. The van der Waals surface area contributed by atoms with Crippen LogP contribution in [0.4, 0.5) is 0 Å². The number of carbonyl (C=O) groups excluding carboxylic acids is 1. The first kappa shape index (κ1) is 18.2. The zero-order chi connectivity index (χ0) is 17.6. The van der Waals surface area contributed by atoms with E-state index in [1.165, 1.54) is 12.1 Å². The summed E-state index contributed by atoms with van der Waals surface area (Å²) in [7, 11) is -3.50. The van der Waals surface area contributed by atoms with Crippen molar-refractivity contribution in [3.63, 3.8) is 0 Å². The topological polar surface area (TPSA) is 89.3 Å². The van der Waals surface area contributed by atoms with E-state index in [2.05, 4.69) is 5.32 Å². The van der Waals surface area contributed by atoms with E-state index in [1.54, 1.807) is 36.4 Å². The van der Waals surface area contributed by atoms with E-state index >= 15 is 0 Å². The van der Waals surface area contributed by atoms with Gasteiger partial charge in [-0.1, -0.05) is 36.4 Å². The summed E-state index contributed by atoms with van der Waals surface area (Å²) in [5.74, 6) is -0.392. The minimum Gasteiger partial charge on any atom is -0.352 e. The van der Waals surface area contributed by atoms with E-state index in [-0.39, 0.29) is 22.6 Å². The Labute approximate surface area is 142 Å². The molecule has 2 aromatic carbocycles.